The van der Waals surface area contributed by atoms with Gasteiger partial charge in [-0.05, 0) is 49.6 Å². The van der Waals surface area contributed by atoms with Crippen molar-refractivity contribution in [1.29, 1.82) is 0 Å². The van der Waals surface area contributed by atoms with E-state index in [1.165, 1.54) is 12.7 Å². The Hall–Kier alpha value is -1.58. The smallest absolute Gasteiger partial charge is 0.255 e. The molecule has 5 rings (SSSR count). The molecule has 10 heteroatoms. The first kappa shape index (κ1) is 22.1. The normalized spacial score (nSPS) is 30.7. The Morgan fingerprint density at radius 1 is 1.31 bits per heavy atom. The average Bonchev–Trinajstić information content (AvgIpc) is 3.03. The lowest BCUT2D eigenvalue weighted by molar-refractivity contribution is -0.152. The van der Waals surface area contributed by atoms with Gasteiger partial charge in [0.2, 0.25) is 5.28 Å². The van der Waals surface area contributed by atoms with E-state index in [9.17, 15) is 8.78 Å². The molecule has 0 radical (unpaired) electrons. The fourth-order valence-corrected chi connectivity index (χ4v) is 4.41. The van der Waals surface area contributed by atoms with Gasteiger partial charge in [0.15, 0.2) is 17.3 Å². The number of ether oxygens (including phenoxy) is 2. The van der Waals surface area contributed by atoms with Crippen molar-refractivity contribution in [2.45, 2.75) is 65.5 Å². The van der Waals surface area contributed by atoms with E-state index < -0.39 is 13.0 Å². The van der Waals surface area contributed by atoms with Gasteiger partial charge in [0.1, 0.15) is 5.52 Å². The summed E-state index contributed by atoms with van der Waals surface area (Å²) in [5.74, 6) is 2.53. The van der Waals surface area contributed by atoms with Crippen LogP contribution in [0.2, 0.25) is 5.28 Å². The van der Waals surface area contributed by atoms with Gasteiger partial charge in [-0.3, -0.25) is 0 Å². The highest BCUT2D eigenvalue weighted by atomic mass is 35.5. The monoisotopic (exact) mass is 431 g/mol. The molecule has 2 saturated carbocycles. The highest BCUT2D eigenvalue weighted by Crippen LogP contribution is 2.61. The third-order valence-corrected chi connectivity index (χ3v) is 5.59. The second-order valence-corrected chi connectivity index (χ2v) is 8.03. The van der Waals surface area contributed by atoms with Gasteiger partial charge in [0, 0.05) is 0 Å². The first-order valence-corrected chi connectivity index (χ1v) is 10.4. The number of rotatable bonds is 3. The maximum atomic E-state index is 12.0. The number of alkyl halides is 2. The molecule has 162 valence electrons. The van der Waals surface area contributed by atoms with E-state index in [0.29, 0.717) is 23.4 Å². The van der Waals surface area contributed by atoms with E-state index in [4.69, 9.17) is 21.1 Å². The van der Waals surface area contributed by atoms with E-state index in [2.05, 4.69) is 32.2 Å². The number of H-pyrrole nitrogens is 1. The van der Waals surface area contributed by atoms with Crippen LogP contribution in [0, 0.1) is 17.8 Å². The lowest BCUT2D eigenvalue weighted by atomic mass is 10.1. The van der Waals surface area contributed by atoms with Crippen LogP contribution in [-0.4, -0.2) is 50.9 Å². The predicted octanol–water partition coefficient (Wildman–Crippen LogP) is 4.50. The van der Waals surface area contributed by atoms with Crippen LogP contribution in [0.15, 0.2) is 6.33 Å². The number of hydrogen-bond donors (Lipinski definition) is 2. The fourth-order valence-electron chi connectivity index (χ4n) is 4.24. The van der Waals surface area contributed by atoms with Gasteiger partial charge >= 0.3 is 0 Å². The molecular formula is C19H28ClF2N5O2. The van der Waals surface area contributed by atoms with Crippen LogP contribution < -0.4 is 5.32 Å². The Kier molecular flexibility index (Phi) is 6.60. The van der Waals surface area contributed by atoms with Crippen LogP contribution in [-0.2, 0) is 9.47 Å². The van der Waals surface area contributed by atoms with Gasteiger partial charge in [0.25, 0.3) is 6.43 Å². The summed E-state index contributed by atoms with van der Waals surface area (Å²) in [7, 11) is 0. The van der Waals surface area contributed by atoms with Crippen LogP contribution >= 0.6 is 11.6 Å². The molecule has 5 unspecified atom stereocenters. The zero-order chi connectivity index (χ0) is 21.3. The van der Waals surface area contributed by atoms with Gasteiger partial charge < -0.3 is 19.8 Å². The van der Waals surface area contributed by atoms with Gasteiger partial charge in [-0.1, -0.05) is 20.8 Å². The molecule has 2 N–H and O–H groups in total. The zero-order valence-electron chi connectivity index (χ0n) is 17.2. The lowest BCUT2D eigenvalue weighted by Gasteiger charge is -2.17. The molecule has 0 aromatic carbocycles. The largest absolute Gasteiger partial charge is 0.362 e. The third-order valence-electron chi connectivity index (χ3n) is 5.42. The Labute approximate surface area is 173 Å². The zero-order valence-corrected chi connectivity index (χ0v) is 18.0. The molecule has 5 atom stereocenters. The second-order valence-electron chi connectivity index (χ2n) is 7.69. The van der Waals surface area contributed by atoms with Gasteiger partial charge in [-0.25, -0.2) is 13.8 Å². The first-order chi connectivity index (χ1) is 13.7. The number of nitrogens with zero attached hydrogens (tertiary/aromatic N) is 3. The molecule has 3 fully saturated rings. The summed E-state index contributed by atoms with van der Waals surface area (Å²) < 4.78 is 35.6. The van der Waals surface area contributed by atoms with E-state index in [1.807, 2.05) is 27.7 Å². The minimum atomic E-state index is -2.46. The van der Waals surface area contributed by atoms with Crippen LogP contribution in [0.1, 0.15) is 41.0 Å². The van der Waals surface area contributed by atoms with Crippen LogP contribution in [0.25, 0.3) is 11.2 Å². The van der Waals surface area contributed by atoms with Crippen molar-refractivity contribution in [3.8, 4) is 0 Å². The molecule has 2 aromatic heterocycles. The standard InChI is InChI=1S/C10H16O2.C7H6ClF2N5.C2H6/c1-5-6-4-7-9(8(5)6)12-10(2,3)11-7;8-7-14-5(11-1-3(9)10)4-6(15-7)13-2-12-4;1-2/h5-9H,4H2,1-3H3;2-3H,1H2,(H2,11,12,13,14,15);1-2H3. The number of fused-ring (bicyclic) bond motifs is 4. The maximum Gasteiger partial charge on any atom is 0.255 e. The molecule has 7 nitrogen and oxygen atoms in total. The SMILES string of the molecule is CC.CC1C2CC3OC(C)(C)OC3C12.FC(F)CNc1nc(Cl)nc2nc[nH]c12. The molecule has 1 aliphatic heterocycles. The van der Waals surface area contributed by atoms with Gasteiger partial charge in [-0.2, -0.15) is 9.97 Å². The van der Waals surface area contributed by atoms with Crippen LogP contribution in [0.4, 0.5) is 14.6 Å². The van der Waals surface area contributed by atoms with Crippen molar-refractivity contribution in [3.63, 3.8) is 0 Å². The van der Waals surface area contributed by atoms with Crippen LogP contribution in [0.3, 0.4) is 0 Å². The number of imidazole rings is 1. The summed E-state index contributed by atoms with van der Waals surface area (Å²) in [6, 6.07) is 0. The number of halogens is 3. The summed E-state index contributed by atoms with van der Waals surface area (Å²) in [5.41, 5.74) is 0.798. The van der Waals surface area contributed by atoms with Crippen molar-refractivity contribution < 1.29 is 18.3 Å². The third kappa shape index (κ3) is 4.78. The molecule has 3 heterocycles. The molecule has 0 spiro atoms. The molecular weight excluding hydrogens is 404 g/mol. The summed E-state index contributed by atoms with van der Waals surface area (Å²) in [6.07, 6.45) is 0.992. The highest BCUT2D eigenvalue weighted by molar-refractivity contribution is 6.28. The summed E-state index contributed by atoms with van der Waals surface area (Å²) in [5, 5.41) is 2.42. The van der Waals surface area contributed by atoms with Gasteiger partial charge in [0.05, 0.1) is 25.1 Å². The van der Waals surface area contributed by atoms with Crippen molar-refractivity contribution in [2.75, 3.05) is 11.9 Å². The Morgan fingerprint density at radius 2 is 2.03 bits per heavy atom. The number of aromatic amines is 1. The Balaban J connectivity index is 0.000000155. The molecule has 2 aromatic rings. The van der Waals surface area contributed by atoms with Crippen molar-refractivity contribution in [2.24, 2.45) is 17.8 Å². The molecule has 1 saturated heterocycles. The minimum absolute atomic E-state index is 0.0358. The molecule has 2 aliphatic carbocycles. The maximum absolute atomic E-state index is 12.0. The van der Waals surface area contributed by atoms with Crippen LogP contribution in [0.5, 0.6) is 0 Å². The van der Waals surface area contributed by atoms with Crippen molar-refractivity contribution in [1.82, 2.24) is 19.9 Å². The summed E-state index contributed by atoms with van der Waals surface area (Å²) in [6.45, 7) is 9.88. The minimum Gasteiger partial charge on any atom is -0.362 e. The molecule has 3 aliphatic rings. The van der Waals surface area contributed by atoms with E-state index >= 15 is 0 Å². The van der Waals surface area contributed by atoms with Crippen molar-refractivity contribution in [3.05, 3.63) is 11.6 Å². The van der Waals surface area contributed by atoms with E-state index in [0.717, 1.165) is 17.8 Å². The lowest BCUT2D eigenvalue weighted by Crippen LogP contribution is -2.22. The quantitative estimate of drug-likeness (QED) is 0.696. The Bertz CT molecular complexity index is 834. The molecule has 0 amide bonds. The number of anilines is 1. The molecule has 29 heavy (non-hydrogen) atoms. The summed E-state index contributed by atoms with van der Waals surface area (Å²) in [4.78, 5) is 14.2. The fraction of sp³-hybridized carbons (Fsp3) is 0.737. The Morgan fingerprint density at radius 3 is 2.72 bits per heavy atom. The summed E-state index contributed by atoms with van der Waals surface area (Å²) >= 11 is 5.59. The first-order valence-electron chi connectivity index (χ1n) is 9.99. The van der Waals surface area contributed by atoms with E-state index in [-0.39, 0.29) is 16.9 Å². The number of hydrogen-bond acceptors (Lipinski definition) is 6. The van der Waals surface area contributed by atoms with E-state index in [1.54, 1.807) is 0 Å². The number of aromatic nitrogens is 4. The highest BCUT2D eigenvalue weighted by Gasteiger charge is 2.64. The predicted molar refractivity (Wildman–Crippen MR) is 107 cm³/mol. The second kappa shape index (κ2) is 8.65. The van der Waals surface area contributed by atoms with Crippen molar-refractivity contribution >= 4 is 28.6 Å². The molecule has 0 bridgehead atoms. The van der Waals surface area contributed by atoms with Gasteiger partial charge in [-0.15, -0.1) is 0 Å². The average molecular weight is 432 g/mol. The topological polar surface area (TPSA) is 84.9 Å². The number of nitrogens with one attached hydrogen (secondary N) is 2.